The Kier molecular flexibility index (Phi) is 4.71. The van der Waals surface area contributed by atoms with Gasteiger partial charge in [0, 0.05) is 18.1 Å². The molecular weight excluding hydrogens is 336 g/mol. The van der Waals surface area contributed by atoms with E-state index in [0.29, 0.717) is 12.2 Å². The number of rotatable bonds is 6. The van der Waals surface area contributed by atoms with Gasteiger partial charge in [-0.05, 0) is 35.8 Å². The maximum absolute atomic E-state index is 12.7. The van der Waals surface area contributed by atoms with Gasteiger partial charge in [0.05, 0.1) is 0 Å². The number of hydrogen-bond donors (Lipinski definition) is 1. The number of aromatic amines is 1. The first-order chi connectivity index (χ1) is 13.1. The Balaban J connectivity index is 1.52. The van der Waals surface area contributed by atoms with E-state index >= 15 is 0 Å². The van der Waals surface area contributed by atoms with Crippen LogP contribution in [0.4, 0.5) is 0 Å². The van der Waals surface area contributed by atoms with E-state index in [-0.39, 0.29) is 23.0 Å². The summed E-state index contributed by atoms with van der Waals surface area (Å²) in [5, 5.41) is 0. The Labute approximate surface area is 158 Å². The smallest absolute Gasteiger partial charge is 0.251 e. The quantitative estimate of drug-likeness (QED) is 0.650. The third kappa shape index (κ3) is 4.05. The summed E-state index contributed by atoms with van der Waals surface area (Å²) in [5.41, 5.74) is 3.22. The number of H-pyrrole nitrogens is 1. The molecule has 0 spiro atoms. The topological polar surface area (TPSA) is 62.8 Å². The molecule has 1 fully saturated rings. The molecule has 0 radical (unpaired) electrons. The molecule has 1 heterocycles. The van der Waals surface area contributed by atoms with E-state index in [1.165, 1.54) is 24.5 Å². The van der Waals surface area contributed by atoms with Gasteiger partial charge < -0.3 is 4.98 Å². The lowest BCUT2D eigenvalue weighted by atomic mass is 9.93. The molecule has 0 saturated heterocycles. The fraction of sp³-hybridized carbons (Fsp3) is 0.261. The van der Waals surface area contributed by atoms with Crippen molar-refractivity contribution in [3.05, 3.63) is 87.8 Å². The van der Waals surface area contributed by atoms with E-state index in [1.54, 1.807) is 0 Å². The lowest BCUT2D eigenvalue weighted by Crippen LogP contribution is -2.15. The van der Waals surface area contributed by atoms with Crippen LogP contribution in [0.5, 0.6) is 0 Å². The van der Waals surface area contributed by atoms with Crippen LogP contribution in [0.15, 0.2) is 65.5 Å². The predicted octanol–water partition coefficient (Wildman–Crippen LogP) is 4.69. The summed E-state index contributed by atoms with van der Waals surface area (Å²) in [7, 11) is 0. The van der Waals surface area contributed by atoms with Gasteiger partial charge in [-0.2, -0.15) is 0 Å². The highest BCUT2D eigenvalue weighted by atomic mass is 16.1. The molecule has 0 bridgehead atoms. The normalized spacial score (nSPS) is 14.7. The zero-order valence-corrected chi connectivity index (χ0v) is 15.3. The molecular formula is C23H22N2O2. The van der Waals surface area contributed by atoms with Crippen LogP contribution in [0.1, 0.15) is 59.6 Å². The van der Waals surface area contributed by atoms with Crippen molar-refractivity contribution in [1.29, 1.82) is 0 Å². The van der Waals surface area contributed by atoms with Crippen molar-refractivity contribution in [2.45, 2.75) is 38.0 Å². The summed E-state index contributed by atoms with van der Waals surface area (Å²) < 4.78 is 0. The molecule has 1 saturated carbocycles. The Morgan fingerprint density at radius 1 is 1.11 bits per heavy atom. The van der Waals surface area contributed by atoms with Crippen molar-refractivity contribution >= 4 is 5.78 Å². The second kappa shape index (κ2) is 7.31. The Morgan fingerprint density at radius 3 is 2.48 bits per heavy atom. The number of ketones is 1. The number of carbonyl (C=O) groups excluding carboxylic acids is 1. The fourth-order valence-corrected chi connectivity index (χ4v) is 3.35. The van der Waals surface area contributed by atoms with Crippen LogP contribution in [0.2, 0.25) is 0 Å². The zero-order chi connectivity index (χ0) is 18.8. The van der Waals surface area contributed by atoms with Gasteiger partial charge in [-0.15, -0.1) is 0 Å². The van der Waals surface area contributed by atoms with Crippen molar-refractivity contribution in [1.82, 2.24) is 9.97 Å². The molecule has 3 aromatic rings. The Bertz CT molecular complexity index is 1000. The minimum atomic E-state index is -0.311. The second-order valence-corrected chi connectivity index (χ2v) is 7.31. The SMILES string of the molecule is CC(CC(=O)c1cc(=O)[nH]c(-c2ccccc2)n1)c1ccc(C2CC2)cc1. The van der Waals surface area contributed by atoms with Crippen molar-refractivity contribution < 1.29 is 4.79 Å². The third-order valence-electron chi connectivity index (χ3n) is 5.12. The highest BCUT2D eigenvalue weighted by Gasteiger charge is 2.23. The summed E-state index contributed by atoms with van der Waals surface area (Å²) >= 11 is 0. The van der Waals surface area contributed by atoms with E-state index in [0.717, 1.165) is 17.0 Å². The monoisotopic (exact) mass is 358 g/mol. The largest absolute Gasteiger partial charge is 0.306 e. The molecule has 1 unspecified atom stereocenters. The number of aromatic nitrogens is 2. The zero-order valence-electron chi connectivity index (χ0n) is 15.3. The number of nitrogens with one attached hydrogen (secondary N) is 1. The van der Waals surface area contributed by atoms with E-state index in [4.69, 9.17) is 0 Å². The van der Waals surface area contributed by atoms with Gasteiger partial charge in [0.2, 0.25) is 0 Å². The number of benzene rings is 2. The van der Waals surface area contributed by atoms with Crippen LogP contribution in [0.25, 0.3) is 11.4 Å². The van der Waals surface area contributed by atoms with Crippen molar-refractivity contribution in [3.63, 3.8) is 0 Å². The predicted molar refractivity (Wildman–Crippen MR) is 106 cm³/mol. The van der Waals surface area contributed by atoms with Gasteiger partial charge in [0.1, 0.15) is 11.5 Å². The first-order valence-electron chi connectivity index (χ1n) is 9.40. The first-order valence-corrected chi connectivity index (χ1v) is 9.40. The van der Waals surface area contributed by atoms with E-state index in [1.807, 2.05) is 37.3 Å². The van der Waals surface area contributed by atoms with Gasteiger partial charge in [-0.1, -0.05) is 61.5 Å². The molecule has 0 amide bonds. The van der Waals surface area contributed by atoms with E-state index in [9.17, 15) is 9.59 Å². The fourth-order valence-electron chi connectivity index (χ4n) is 3.35. The summed E-state index contributed by atoms with van der Waals surface area (Å²) in [6.45, 7) is 2.04. The Morgan fingerprint density at radius 2 is 1.81 bits per heavy atom. The molecule has 1 aliphatic rings. The molecule has 1 atom stereocenters. The average molecular weight is 358 g/mol. The van der Waals surface area contributed by atoms with Crippen molar-refractivity contribution in [2.24, 2.45) is 0 Å². The van der Waals surface area contributed by atoms with Crippen molar-refractivity contribution in [3.8, 4) is 11.4 Å². The van der Waals surface area contributed by atoms with Crippen LogP contribution in [-0.2, 0) is 0 Å². The minimum Gasteiger partial charge on any atom is -0.306 e. The van der Waals surface area contributed by atoms with Crippen LogP contribution >= 0.6 is 0 Å². The van der Waals surface area contributed by atoms with Gasteiger partial charge in [-0.25, -0.2) is 4.98 Å². The highest BCUT2D eigenvalue weighted by molar-refractivity contribution is 5.95. The third-order valence-corrected chi connectivity index (χ3v) is 5.12. The Hall–Kier alpha value is -3.01. The molecule has 136 valence electrons. The number of nitrogens with zero attached hydrogens (tertiary/aromatic N) is 1. The second-order valence-electron chi connectivity index (χ2n) is 7.31. The van der Waals surface area contributed by atoms with Gasteiger partial charge in [0.15, 0.2) is 5.78 Å². The molecule has 4 nitrogen and oxygen atoms in total. The highest BCUT2D eigenvalue weighted by Crippen LogP contribution is 2.40. The summed E-state index contributed by atoms with van der Waals surface area (Å²) in [5.74, 6) is 1.12. The number of hydrogen-bond acceptors (Lipinski definition) is 3. The van der Waals surface area contributed by atoms with E-state index < -0.39 is 0 Å². The van der Waals surface area contributed by atoms with Crippen LogP contribution in [0, 0.1) is 0 Å². The molecule has 2 aromatic carbocycles. The lowest BCUT2D eigenvalue weighted by molar-refractivity contribution is 0.0970. The van der Waals surface area contributed by atoms with Crippen LogP contribution in [0.3, 0.4) is 0 Å². The molecule has 1 aliphatic carbocycles. The molecule has 1 N–H and O–H groups in total. The van der Waals surface area contributed by atoms with E-state index in [2.05, 4.69) is 34.2 Å². The number of carbonyl (C=O) groups is 1. The standard InChI is InChI=1S/C23H22N2O2/c1-15(16-7-9-17(10-8-16)18-11-12-18)13-21(26)20-14-22(27)25-23(24-20)19-5-3-2-4-6-19/h2-10,14-15,18H,11-13H2,1H3,(H,24,25,27). The number of Topliss-reactive ketones (excluding diaryl/α,β-unsaturated/α-hetero) is 1. The average Bonchev–Trinajstić information content (AvgIpc) is 3.53. The summed E-state index contributed by atoms with van der Waals surface area (Å²) in [6, 6.07) is 19.2. The molecule has 0 aliphatic heterocycles. The molecule has 27 heavy (non-hydrogen) atoms. The molecule has 4 heteroatoms. The minimum absolute atomic E-state index is 0.0759. The summed E-state index contributed by atoms with van der Waals surface area (Å²) in [4.78, 5) is 31.8. The molecule has 4 rings (SSSR count). The van der Waals surface area contributed by atoms with Gasteiger partial charge in [-0.3, -0.25) is 9.59 Å². The molecule has 1 aromatic heterocycles. The van der Waals surface area contributed by atoms with Crippen LogP contribution in [-0.4, -0.2) is 15.8 Å². The maximum Gasteiger partial charge on any atom is 0.251 e. The van der Waals surface area contributed by atoms with Crippen molar-refractivity contribution in [2.75, 3.05) is 0 Å². The first kappa shape index (κ1) is 17.4. The summed E-state index contributed by atoms with van der Waals surface area (Å²) in [6.07, 6.45) is 2.89. The van der Waals surface area contributed by atoms with Gasteiger partial charge in [0.25, 0.3) is 5.56 Å². The lowest BCUT2D eigenvalue weighted by Gasteiger charge is -2.12. The maximum atomic E-state index is 12.7. The van der Waals surface area contributed by atoms with Gasteiger partial charge >= 0.3 is 0 Å². The van der Waals surface area contributed by atoms with Crippen LogP contribution < -0.4 is 5.56 Å².